The Kier molecular flexibility index (Phi) is 43.5. The third-order valence-electron chi connectivity index (χ3n) is 11.5. The van der Waals surface area contributed by atoms with E-state index in [1.807, 2.05) is 0 Å². The number of aliphatic hydroxyl groups excluding tert-OH is 1. The van der Waals surface area contributed by atoms with Crippen LogP contribution in [0, 0.1) is 5.92 Å². The zero-order valence-electron chi connectivity index (χ0n) is 36.8. The molecule has 5 nitrogen and oxygen atoms in total. The number of hydrogen-bond acceptors (Lipinski definition) is 5. The van der Waals surface area contributed by atoms with Gasteiger partial charge in [0, 0.05) is 19.6 Å². The van der Waals surface area contributed by atoms with Crippen molar-refractivity contribution in [2.45, 2.75) is 259 Å². The van der Waals surface area contributed by atoms with E-state index in [1.54, 1.807) is 0 Å². The van der Waals surface area contributed by atoms with Crippen LogP contribution in [0.1, 0.15) is 252 Å². The number of ether oxygens (including phenoxy) is 2. The van der Waals surface area contributed by atoms with Crippen molar-refractivity contribution >= 4 is 5.97 Å². The molecule has 0 aromatic carbocycles. The number of unbranched alkanes of at least 4 members (excludes halogenated alkanes) is 23. The molecule has 0 radical (unpaired) electrons. The number of nitrogens with zero attached hydrogens (tertiary/aromatic N) is 1. The van der Waals surface area contributed by atoms with E-state index in [0.29, 0.717) is 19.1 Å². The van der Waals surface area contributed by atoms with Crippen molar-refractivity contribution in [3.63, 3.8) is 0 Å². The van der Waals surface area contributed by atoms with Crippen molar-refractivity contribution < 1.29 is 19.4 Å². The lowest BCUT2D eigenvalue weighted by Gasteiger charge is -2.21. The predicted octanol–water partition coefficient (Wildman–Crippen LogP) is 14.6. The van der Waals surface area contributed by atoms with Crippen molar-refractivity contribution in [1.82, 2.24) is 4.90 Å². The minimum atomic E-state index is -0.000997. The summed E-state index contributed by atoms with van der Waals surface area (Å²) in [4.78, 5) is 14.7. The number of esters is 1. The Bertz CT molecular complexity index is 687. The largest absolute Gasteiger partial charge is 0.466 e. The van der Waals surface area contributed by atoms with Gasteiger partial charge in [0.1, 0.15) is 0 Å². The molecule has 0 rings (SSSR count). The van der Waals surface area contributed by atoms with Gasteiger partial charge < -0.3 is 19.5 Å². The molecule has 318 valence electrons. The van der Waals surface area contributed by atoms with Gasteiger partial charge in [0.25, 0.3) is 0 Å². The molecule has 0 aliphatic carbocycles. The highest BCUT2D eigenvalue weighted by atomic mass is 16.5. The average molecular weight is 752 g/mol. The Hall–Kier alpha value is -0.650. The molecule has 0 aromatic heterocycles. The molecule has 0 heterocycles. The van der Waals surface area contributed by atoms with Crippen LogP contribution in [0.5, 0.6) is 0 Å². The Labute approximate surface area is 333 Å². The Morgan fingerprint density at radius 1 is 0.453 bits per heavy atom. The second-order valence-corrected chi connectivity index (χ2v) is 16.7. The van der Waals surface area contributed by atoms with Gasteiger partial charge in [-0.2, -0.15) is 0 Å². The average Bonchev–Trinajstić information content (AvgIpc) is 3.16. The zero-order valence-corrected chi connectivity index (χ0v) is 36.8. The first kappa shape index (κ1) is 52.3. The molecule has 0 aromatic rings. The third-order valence-corrected chi connectivity index (χ3v) is 11.5. The van der Waals surface area contributed by atoms with Gasteiger partial charge in [-0.15, -0.1) is 0 Å². The highest BCUT2D eigenvalue weighted by Crippen LogP contribution is 2.21. The first-order valence-electron chi connectivity index (χ1n) is 24.2. The van der Waals surface area contributed by atoms with Crippen molar-refractivity contribution in [2.75, 3.05) is 39.5 Å². The van der Waals surface area contributed by atoms with Crippen LogP contribution in [-0.2, 0) is 14.3 Å². The van der Waals surface area contributed by atoms with Crippen molar-refractivity contribution in [1.29, 1.82) is 0 Å². The van der Waals surface area contributed by atoms with Crippen LogP contribution >= 0.6 is 0 Å². The van der Waals surface area contributed by atoms with E-state index in [9.17, 15) is 9.90 Å². The van der Waals surface area contributed by atoms with Gasteiger partial charge in [-0.1, -0.05) is 201 Å². The van der Waals surface area contributed by atoms with Gasteiger partial charge in [-0.25, -0.2) is 0 Å². The minimum Gasteiger partial charge on any atom is -0.466 e. The fourth-order valence-electron chi connectivity index (χ4n) is 7.82. The molecule has 0 aliphatic rings. The SMILES string of the molecule is CCCCCCCCC(CCCCCCCC)OCCCCCCCCN(CCO)CCCCCCCC(=O)OCCC(CCCC)CCCCCC. The quantitative estimate of drug-likeness (QED) is 0.0496. The van der Waals surface area contributed by atoms with Crippen LogP contribution in [0.2, 0.25) is 0 Å². The minimum absolute atomic E-state index is 0.000997. The molecule has 1 N–H and O–H groups in total. The van der Waals surface area contributed by atoms with Gasteiger partial charge in [0.2, 0.25) is 0 Å². The lowest BCUT2D eigenvalue weighted by atomic mass is 9.92. The number of rotatable bonds is 45. The molecule has 0 bridgehead atoms. The lowest BCUT2D eigenvalue weighted by molar-refractivity contribution is -0.144. The number of carbonyl (C=O) groups excluding carboxylic acids is 1. The first-order valence-corrected chi connectivity index (χ1v) is 24.2. The van der Waals surface area contributed by atoms with Crippen LogP contribution in [0.15, 0.2) is 0 Å². The summed E-state index contributed by atoms with van der Waals surface area (Å²) in [6.45, 7) is 13.9. The maximum absolute atomic E-state index is 12.3. The van der Waals surface area contributed by atoms with Crippen molar-refractivity contribution in [3.8, 4) is 0 Å². The maximum atomic E-state index is 12.3. The monoisotopic (exact) mass is 752 g/mol. The molecule has 5 heteroatoms. The second kappa shape index (κ2) is 44.1. The van der Waals surface area contributed by atoms with E-state index in [2.05, 4.69) is 32.6 Å². The van der Waals surface area contributed by atoms with Crippen molar-refractivity contribution in [3.05, 3.63) is 0 Å². The van der Waals surface area contributed by atoms with Crippen LogP contribution in [0.3, 0.4) is 0 Å². The van der Waals surface area contributed by atoms with Crippen LogP contribution < -0.4 is 0 Å². The summed E-state index contributed by atoms with van der Waals surface area (Å²) in [7, 11) is 0. The van der Waals surface area contributed by atoms with Crippen molar-refractivity contribution in [2.24, 2.45) is 5.92 Å². The van der Waals surface area contributed by atoms with Gasteiger partial charge in [-0.3, -0.25) is 4.79 Å². The summed E-state index contributed by atoms with van der Waals surface area (Å²) < 4.78 is 12.1. The number of carbonyl (C=O) groups is 1. The number of aliphatic hydroxyl groups is 1. The van der Waals surface area contributed by atoms with Crippen LogP contribution in [0.25, 0.3) is 0 Å². The van der Waals surface area contributed by atoms with Gasteiger partial charge >= 0.3 is 5.97 Å². The Balaban J connectivity index is 3.95. The summed E-state index contributed by atoms with van der Waals surface area (Å²) in [5, 5.41) is 9.60. The summed E-state index contributed by atoms with van der Waals surface area (Å²) in [5.74, 6) is 0.719. The topological polar surface area (TPSA) is 59.0 Å². The van der Waals surface area contributed by atoms with Crippen LogP contribution in [-0.4, -0.2) is 61.5 Å². The van der Waals surface area contributed by atoms with E-state index in [1.165, 1.54) is 199 Å². The molecule has 0 fully saturated rings. The van der Waals surface area contributed by atoms with E-state index < -0.39 is 0 Å². The summed E-state index contributed by atoms with van der Waals surface area (Å²) >= 11 is 0. The second-order valence-electron chi connectivity index (χ2n) is 16.7. The molecular weight excluding hydrogens is 655 g/mol. The van der Waals surface area contributed by atoms with Crippen LogP contribution in [0.4, 0.5) is 0 Å². The maximum Gasteiger partial charge on any atom is 0.305 e. The van der Waals surface area contributed by atoms with Gasteiger partial charge in [0.15, 0.2) is 0 Å². The zero-order chi connectivity index (χ0) is 38.7. The van der Waals surface area contributed by atoms with E-state index in [4.69, 9.17) is 9.47 Å². The summed E-state index contributed by atoms with van der Waals surface area (Å²) in [5.41, 5.74) is 0. The fraction of sp³-hybridized carbons (Fsp3) is 0.979. The Morgan fingerprint density at radius 2 is 0.887 bits per heavy atom. The Morgan fingerprint density at radius 3 is 1.43 bits per heavy atom. The van der Waals surface area contributed by atoms with Gasteiger partial charge in [-0.05, 0) is 64.0 Å². The van der Waals surface area contributed by atoms with E-state index in [0.717, 1.165) is 51.4 Å². The smallest absolute Gasteiger partial charge is 0.305 e. The molecular formula is C48H97NO4. The number of hydrogen-bond donors (Lipinski definition) is 1. The highest BCUT2D eigenvalue weighted by Gasteiger charge is 2.12. The normalized spacial score (nSPS) is 12.4. The molecule has 1 unspecified atom stereocenters. The molecule has 53 heavy (non-hydrogen) atoms. The summed E-state index contributed by atoms with van der Waals surface area (Å²) in [6.07, 6.45) is 44.8. The summed E-state index contributed by atoms with van der Waals surface area (Å²) in [6, 6.07) is 0. The molecule has 0 saturated heterocycles. The molecule has 0 saturated carbocycles. The molecule has 0 amide bonds. The lowest BCUT2D eigenvalue weighted by Crippen LogP contribution is -2.29. The van der Waals surface area contributed by atoms with E-state index >= 15 is 0 Å². The molecule has 0 spiro atoms. The molecule has 0 aliphatic heterocycles. The highest BCUT2D eigenvalue weighted by molar-refractivity contribution is 5.69. The van der Waals surface area contributed by atoms with E-state index in [-0.39, 0.29) is 12.6 Å². The third kappa shape index (κ3) is 39.4. The predicted molar refractivity (Wildman–Crippen MR) is 232 cm³/mol. The molecule has 1 atom stereocenters. The fourth-order valence-corrected chi connectivity index (χ4v) is 7.82. The van der Waals surface area contributed by atoms with Gasteiger partial charge in [0.05, 0.1) is 19.3 Å². The standard InChI is InChI=1S/C48H97NO4/c1-5-9-13-16-21-28-36-47(37-29-22-17-14-10-6-2)52-44-33-26-19-18-24-31-40-49(42-43-50)41-32-25-20-23-30-38-48(51)53-45-39-46(34-12-8-4)35-27-15-11-7-3/h46-47,50H,5-45H2,1-4H3. The first-order chi connectivity index (χ1) is 26.1.